The van der Waals surface area contributed by atoms with Gasteiger partial charge in [0.15, 0.2) is 9.84 Å². The van der Waals surface area contributed by atoms with E-state index >= 15 is 0 Å². The zero-order valence-electron chi connectivity index (χ0n) is 6.54. The normalized spacial score (nSPS) is 26.8. The van der Waals surface area contributed by atoms with Gasteiger partial charge in [0.25, 0.3) is 0 Å². The molecule has 1 N–H and O–H groups in total. The second kappa shape index (κ2) is 3.78. The highest BCUT2D eigenvalue weighted by Gasteiger charge is 2.24. The van der Waals surface area contributed by atoms with Crippen LogP contribution in [-0.4, -0.2) is 37.6 Å². The Kier molecular flexibility index (Phi) is 3.21. The Morgan fingerprint density at radius 2 is 2.36 bits per heavy atom. The number of hydrogen-bond donors (Lipinski definition) is 1. The molecule has 0 aromatic heterocycles. The predicted molar refractivity (Wildman–Crippen MR) is 48.6 cm³/mol. The average Bonchev–Trinajstić information content (AvgIpc) is 2.06. The van der Waals surface area contributed by atoms with Crippen molar-refractivity contribution < 1.29 is 8.42 Å². The van der Waals surface area contributed by atoms with E-state index in [1.54, 1.807) is 18.7 Å². The largest absolute Gasteiger partial charge is 0.300 e. The minimum absolute atomic E-state index is 0.241. The molecule has 1 unspecified atom stereocenters. The van der Waals surface area contributed by atoms with Crippen LogP contribution in [0.5, 0.6) is 0 Å². The van der Waals surface area contributed by atoms with Gasteiger partial charge in [0.1, 0.15) is 5.37 Å². The van der Waals surface area contributed by atoms with Crippen molar-refractivity contribution in [1.29, 1.82) is 0 Å². The van der Waals surface area contributed by atoms with E-state index in [0.29, 0.717) is 5.75 Å². The van der Waals surface area contributed by atoms with Crippen LogP contribution in [0.2, 0.25) is 0 Å². The summed E-state index contributed by atoms with van der Waals surface area (Å²) in [5, 5.41) is 2.70. The fourth-order valence-corrected chi connectivity index (χ4v) is 3.63. The molecule has 1 rings (SSSR count). The lowest BCUT2D eigenvalue weighted by atomic mass is 10.6. The van der Waals surface area contributed by atoms with Crippen molar-refractivity contribution in [3.63, 3.8) is 0 Å². The van der Waals surface area contributed by atoms with Crippen LogP contribution in [0.15, 0.2) is 0 Å². The Morgan fingerprint density at radius 3 is 2.82 bits per heavy atom. The van der Waals surface area contributed by atoms with Crippen molar-refractivity contribution in [3.8, 4) is 0 Å². The molecule has 3 nitrogen and oxygen atoms in total. The van der Waals surface area contributed by atoms with Gasteiger partial charge in [-0.3, -0.25) is 5.32 Å². The number of rotatable bonds is 2. The van der Waals surface area contributed by atoms with Gasteiger partial charge in [-0.15, -0.1) is 0 Å². The lowest BCUT2D eigenvalue weighted by Crippen LogP contribution is -2.43. The minimum atomic E-state index is -2.85. The molecule has 0 spiro atoms. The first-order valence-corrected chi connectivity index (χ1v) is 6.56. The van der Waals surface area contributed by atoms with E-state index in [1.807, 2.05) is 0 Å². The van der Waals surface area contributed by atoms with Crippen LogP contribution in [0.25, 0.3) is 0 Å². The molecule has 0 bridgehead atoms. The van der Waals surface area contributed by atoms with Crippen molar-refractivity contribution in [3.05, 3.63) is 0 Å². The fourth-order valence-electron chi connectivity index (χ4n) is 0.973. The van der Waals surface area contributed by atoms with Gasteiger partial charge in [-0.2, -0.15) is 11.8 Å². The molecule has 0 saturated carbocycles. The lowest BCUT2D eigenvalue weighted by molar-refractivity contribution is 0.565. The quantitative estimate of drug-likeness (QED) is 0.678. The molecule has 5 heteroatoms. The summed E-state index contributed by atoms with van der Waals surface area (Å²) in [6.07, 6.45) is 0. The van der Waals surface area contributed by atoms with Crippen LogP contribution in [0.1, 0.15) is 6.92 Å². The van der Waals surface area contributed by atoms with Gasteiger partial charge >= 0.3 is 0 Å². The molecular formula is C6H13NO2S2. The number of sulfone groups is 1. The fraction of sp³-hybridized carbons (Fsp3) is 1.00. The first kappa shape index (κ1) is 9.35. The second-order valence-corrected chi connectivity index (χ2v) is 6.09. The van der Waals surface area contributed by atoms with Crippen LogP contribution >= 0.6 is 11.8 Å². The maximum Gasteiger partial charge on any atom is 0.166 e. The van der Waals surface area contributed by atoms with Gasteiger partial charge in [0, 0.05) is 23.8 Å². The maximum absolute atomic E-state index is 11.3. The SMILES string of the molecule is CCS(=O)(=O)C1CSCCN1. The smallest absolute Gasteiger partial charge is 0.166 e. The first-order valence-electron chi connectivity index (χ1n) is 3.69. The third-order valence-corrected chi connectivity index (χ3v) is 5.00. The van der Waals surface area contributed by atoms with E-state index < -0.39 is 9.84 Å². The standard InChI is InChI=1S/C6H13NO2S2/c1-2-11(8,9)6-5-10-4-3-7-6/h6-7H,2-5H2,1H3. The number of thioether (sulfide) groups is 1. The Labute approximate surface area is 71.9 Å². The van der Waals surface area contributed by atoms with Gasteiger partial charge in [-0.05, 0) is 0 Å². The van der Waals surface area contributed by atoms with Crippen LogP contribution in [-0.2, 0) is 9.84 Å². The van der Waals surface area contributed by atoms with Crippen LogP contribution in [0.4, 0.5) is 0 Å². The van der Waals surface area contributed by atoms with Crippen LogP contribution in [0.3, 0.4) is 0 Å². The van der Waals surface area contributed by atoms with E-state index in [9.17, 15) is 8.42 Å². The molecule has 11 heavy (non-hydrogen) atoms. The van der Waals surface area contributed by atoms with Gasteiger partial charge in [0.2, 0.25) is 0 Å². The van der Waals surface area contributed by atoms with Gasteiger partial charge < -0.3 is 0 Å². The lowest BCUT2D eigenvalue weighted by Gasteiger charge is -2.22. The Bertz CT molecular complexity index is 207. The molecular weight excluding hydrogens is 182 g/mol. The second-order valence-electron chi connectivity index (χ2n) is 2.47. The topological polar surface area (TPSA) is 46.2 Å². The third-order valence-electron chi connectivity index (χ3n) is 1.72. The number of nitrogens with one attached hydrogen (secondary N) is 1. The summed E-state index contributed by atoms with van der Waals surface area (Å²) in [7, 11) is -2.85. The molecule has 0 radical (unpaired) electrons. The molecule has 0 aliphatic carbocycles. The molecule has 1 saturated heterocycles. The van der Waals surface area contributed by atoms with E-state index in [2.05, 4.69) is 5.32 Å². The summed E-state index contributed by atoms with van der Waals surface area (Å²) in [5.74, 6) is 1.97. The zero-order chi connectivity index (χ0) is 8.32. The molecule has 1 aliphatic heterocycles. The van der Waals surface area contributed by atoms with Gasteiger partial charge in [0.05, 0.1) is 0 Å². The summed E-state index contributed by atoms with van der Waals surface area (Å²) >= 11 is 1.70. The van der Waals surface area contributed by atoms with Crippen LogP contribution in [0, 0.1) is 0 Å². The Hall–Kier alpha value is 0.260. The Balaban J connectivity index is 2.58. The van der Waals surface area contributed by atoms with Crippen molar-refractivity contribution >= 4 is 21.6 Å². The summed E-state index contributed by atoms with van der Waals surface area (Å²) in [5.41, 5.74) is 0. The third kappa shape index (κ3) is 2.35. The highest BCUT2D eigenvalue weighted by molar-refractivity contribution is 8.01. The van der Waals surface area contributed by atoms with Gasteiger partial charge in [-0.25, -0.2) is 8.42 Å². The average molecular weight is 195 g/mol. The van der Waals surface area contributed by atoms with Crippen molar-refractivity contribution in [2.75, 3.05) is 23.8 Å². The minimum Gasteiger partial charge on any atom is -0.300 e. The summed E-state index contributed by atoms with van der Waals surface area (Å²) in [6, 6.07) is 0. The molecule has 0 aromatic rings. The first-order chi connectivity index (χ1) is 5.17. The maximum atomic E-state index is 11.3. The zero-order valence-corrected chi connectivity index (χ0v) is 8.17. The summed E-state index contributed by atoms with van der Waals surface area (Å²) < 4.78 is 22.6. The van der Waals surface area contributed by atoms with Crippen LogP contribution < -0.4 is 5.32 Å². The summed E-state index contributed by atoms with van der Waals surface area (Å²) in [6.45, 7) is 2.50. The monoisotopic (exact) mass is 195 g/mol. The van der Waals surface area contributed by atoms with Crippen molar-refractivity contribution in [2.45, 2.75) is 12.3 Å². The van der Waals surface area contributed by atoms with E-state index in [1.165, 1.54) is 0 Å². The molecule has 1 heterocycles. The molecule has 1 fully saturated rings. The van der Waals surface area contributed by atoms with Crippen molar-refractivity contribution in [2.24, 2.45) is 0 Å². The predicted octanol–water partition coefficient (Wildman–Crippen LogP) is 0.0836. The van der Waals surface area contributed by atoms with Crippen molar-refractivity contribution in [1.82, 2.24) is 5.32 Å². The molecule has 1 atom stereocenters. The highest BCUT2D eigenvalue weighted by Crippen LogP contribution is 2.12. The van der Waals surface area contributed by atoms with E-state index in [4.69, 9.17) is 0 Å². The molecule has 0 amide bonds. The summed E-state index contributed by atoms with van der Waals surface area (Å²) in [4.78, 5) is 0. The van der Waals surface area contributed by atoms with E-state index in [-0.39, 0.29) is 11.1 Å². The van der Waals surface area contributed by atoms with Gasteiger partial charge in [-0.1, -0.05) is 6.92 Å². The molecule has 66 valence electrons. The van der Waals surface area contributed by atoms with E-state index in [0.717, 1.165) is 12.3 Å². The molecule has 1 aliphatic rings. The number of hydrogen-bond acceptors (Lipinski definition) is 4. The highest BCUT2D eigenvalue weighted by atomic mass is 32.2. The molecule has 0 aromatic carbocycles. The Morgan fingerprint density at radius 1 is 1.64 bits per heavy atom.